The van der Waals surface area contributed by atoms with Crippen LogP contribution in [0.1, 0.15) is 29.8 Å². The third-order valence-electron chi connectivity index (χ3n) is 1.96. The van der Waals surface area contributed by atoms with E-state index in [9.17, 15) is 9.90 Å². The van der Waals surface area contributed by atoms with Gasteiger partial charge in [-0.05, 0) is 31.0 Å². The second-order valence-electron chi connectivity index (χ2n) is 2.93. The van der Waals surface area contributed by atoms with Gasteiger partial charge in [0.15, 0.2) is 0 Å². The maximum absolute atomic E-state index is 11.4. The molecule has 0 radical (unpaired) electrons. The maximum atomic E-state index is 11.4. The summed E-state index contributed by atoms with van der Waals surface area (Å²) in [5, 5.41) is 9.43. The zero-order valence-electron chi connectivity index (χ0n) is 8.41. The summed E-state index contributed by atoms with van der Waals surface area (Å²) in [6, 6.07) is 4.97. The Balaban J connectivity index is 2.99. The number of aryl methyl sites for hydroxylation is 1. The number of ether oxygens (including phenoxy) is 1. The molecule has 0 aliphatic heterocycles. The monoisotopic (exact) mass is 194 g/mol. The first-order valence-electron chi connectivity index (χ1n) is 4.68. The number of phenolic OH excluding ortho intramolecular Hbond substituents is 1. The summed E-state index contributed by atoms with van der Waals surface area (Å²) >= 11 is 0. The number of aromatic hydroxyl groups is 1. The van der Waals surface area contributed by atoms with E-state index in [1.807, 2.05) is 6.92 Å². The Labute approximate surface area is 83.3 Å². The highest BCUT2D eigenvalue weighted by molar-refractivity contribution is 5.92. The predicted octanol–water partition coefficient (Wildman–Crippen LogP) is 2.13. The minimum Gasteiger partial charge on any atom is -0.507 e. The lowest BCUT2D eigenvalue weighted by Gasteiger charge is -2.05. The molecule has 0 aliphatic rings. The van der Waals surface area contributed by atoms with Crippen LogP contribution in [0.4, 0.5) is 0 Å². The van der Waals surface area contributed by atoms with E-state index in [1.165, 1.54) is 6.07 Å². The van der Waals surface area contributed by atoms with Crippen molar-refractivity contribution in [1.29, 1.82) is 0 Å². The summed E-state index contributed by atoms with van der Waals surface area (Å²) in [6.07, 6.45) is 0.826. The molecule has 0 aromatic heterocycles. The molecule has 3 nitrogen and oxygen atoms in total. The topological polar surface area (TPSA) is 46.5 Å². The summed E-state index contributed by atoms with van der Waals surface area (Å²) in [5.74, 6) is -0.499. The first kappa shape index (κ1) is 10.6. The Morgan fingerprint density at radius 2 is 2.14 bits per heavy atom. The van der Waals surface area contributed by atoms with Crippen molar-refractivity contribution < 1.29 is 14.6 Å². The second-order valence-corrected chi connectivity index (χ2v) is 2.93. The van der Waals surface area contributed by atoms with E-state index in [2.05, 4.69) is 0 Å². The minimum absolute atomic E-state index is 0.0272. The van der Waals surface area contributed by atoms with Crippen LogP contribution in [-0.2, 0) is 11.2 Å². The summed E-state index contributed by atoms with van der Waals surface area (Å²) < 4.78 is 4.81. The van der Waals surface area contributed by atoms with E-state index in [4.69, 9.17) is 4.74 Å². The van der Waals surface area contributed by atoms with Crippen molar-refractivity contribution in [3.05, 3.63) is 29.3 Å². The first-order chi connectivity index (χ1) is 6.69. The van der Waals surface area contributed by atoms with Gasteiger partial charge in [0.1, 0.15) is 11.3 Å². The molecule has 76 valence electrons. The van der Waals surface area contributed by atoms with Crippen molar-refractivity contribution in [3.8, 4) is 5.75 Å². The molecule has 0 fully saturated rings. The number of hydrogen-bond acceptors (Lipinski definition) is 3. The molecule has 0 spiro atoms. The fourth-order valence-electron chi connectivity index (χ4n) is 1.18. The largest absolute Gasteiger partial charge is 0.507 e. The van der Waals surface area contributed by atoms with Crippen LogP contribution < -0.4 is 0 Å². The smallest absolute Gasteiger partial charge is 0.341 e. The number of carbonyl (C=O) groups excluding carboxylic acids is 1. The summed E-state index contributed by atoms with van der Waals surface area (Å²) in [5.41, 5.74) is 1.25. The Bertz CT molecular complexity index is 331. The standard InChI is InChI=1S/C11H14O3/c1-3-8-5-6-10(12)9(7-8)11(13)14-4-2/h5-7,12H,3-4H2,1-2H3. The maximum Gasteiger partial charge on any atom is 0.341 e. The lowest BCUT2D eigenvalue weighted by Crippen LogP contribution is -2.05. The third-order valence-corrected chi connectivity index (χ3v) is 1.96. The normalized spacial score (nSPS) is 9.86. The fraction of sp³-hybridized carbons (Fsp3) is 0.364. The number of benzene rings is 1. The summed E-state index contributed by atoms with van der Waals surface area (Å²) in [6.45, 7) is 4.04. The van der Waals surface area contributed by atoms with Crippen molar-refractivity contribution in [2.45, 2.75) is 20.3 Å². The highest BCUT2D eigenvalue weighted by Gasteiger charge is 2.11. The average Bonchev–Trinajstić information content (AvgIpc) is 2.19. The van der Waals surface area contributed by atoms with E-state index in [-0.39, 0.29) is 11.3 Å². The molecule has 0 aliphatic carbocycles. The van der Waals surface area contributed by atoms with Crippen LogP contribution in [-0.4, -0.2) is 17.7 Å². The fourth-order valence-corrected chi connectivity index (χ4v) is 1.18. The van der Waals surface area contributed by atoms with Crippen molar-refractivity contribution in [1.82, 2.24) is 0 Å². The van der Waals surface area contributed by atoms with Gasteiger partial charge in [0, 0.05) is 0 Å². The molecule has 1 aromatic rings. The number of rotatable bonds is 3. The molecule has 0 heterocycles. The zero-order chi connectivity index (χ0) is 10.6. The number of esters is 1. The van der Waals surface area contributed by atoms with E-state index >= 15 is 0 Å². The van der Waals surface area contributed by atoms with Gasteiger partial charge >= 0.3 is 5.97 Å². The first-order valence-corrected chi connectivity index (χ1v) is 4.68. The molecule has 1 N–H and O–H groups in total. The van der Waals surface area contributed by atoms with Crippen LogP contribution in [0.5, 0.6) is 5.75 Å². The highest BCUT2D eigenvalue weighted by atomic mass is 16.5. The molecule has 14 heavy (non-hydrogen) atoms. The van der Waals surface area contributed by atoms with Crippen molar-refractivity contribution in [3.63, 3.8) is 0 Å². The van der Waals surface area contributed by atoms with Crippen LogP contribution >= 0.6 is 0 Å². The van der Waals surface area contributed by atoms with Crippen LogP contribution in [0.3, 0.4) is 0 Å². The molecule has 0 amide bonds. The molecule has 0 saturated carbocycles. The van der Waals surface area contributed by atoms with Gasteiger partial charge in [0.05, 0.1) is 6.61 Å². The quantitative estimate of drug-likeness (QED) is 0.750. The van der Waals surface area contributed by atoms with E-state index < -0.39 is 5.97 Å². The molecular weight excluding hydrogens is 180 g/mol. The lowest BCUT2D eigenvalue weighted by atomic mass is 10.1. The molecule has 0 bridgehead atoms. The predicted molar refractivity (Wildman–Crippen MR) is 53.4 cm³/mol. The van der Waals surface area contributed by atoms with Crippen molar-refractivity contribution in [2.24, 2.45) is 0 Å². The molecule has 1 rings (SSSR count). The number of phenols is 1. The highest BCUT2D eigenvalue weighted by Crippen LogP contribution is 2.19. The van der Waals surface area contributed by atoms with Gasteiger partial charge in [-0.15, -0.1) is 0 Å². The Morgan fingerprint density at radius 1 is 1.43 bits per heavy atom. The number of carbonyl (C=O) groups is 1. The van der Waals surface area contributed by atoms with E-state index in [1.54, 1.807) is 19.1 Å². The average molecular weight is 194 g/mol. The van der Waals surface area contributed by atoms with Gasteiger partial charge in [-0.1, -0.05) is 13.0 Å². The van der Waals surface area contributed by atoms with Gasteiger partial charge < -0.3 is 9.84 Å². The molecule has 0 atom stereocenters. The summed E-state index contributed by atoms with van der Waals surface area (Å²) in [7, 11) is 0. The SMILES string of the molecule is CCOC(=O)c1cc(CC)ccc1O. The van der Waals surface area contributed by atoms with Crippen LogP contribution in [0.25, 0.3) is 0 Å². The van der Waals surface area contributed by atoms with E-state index in [0.29, 0.717) is 6.61 Å². The molecule has 1 aromatic carbocycles. The molecule has 3 heteroatoms. The zero-order valence-corrected chi connectivity index (χ0v) is 8.41. The van der Waals surface area contributed by atoms with Gasteiger partial charge in [-0.2, -0.15) is 0 Å². The van der Waals surface area contributed by atoms with E-state index in [0.717, 1.165) is 12.0 Å². The molecule has 0 unspecified atom stereocenters. The summed E-state index contributed by atoms with van der Waals surface area (Å²) in [4.78, 5) is 11.4. The molecule has 0 saturated heterocycles. The Morgan fingerprint density at radius 3 is 2.71 bits per heavy atom. The minimum atomic E-state index is -0.472. The second kappa shape index (κ2) is 4.65. The Kier molecular flexibility index (Phi) is 3.51. The van der Waals surface area contributed by atoms with Crippen LogP contribution in [0, 0.1) is 0 Å². The third kappa shape index (κ3) is 2.25. The van der Waals surface area contributed by atoms with Crippen molar-refractivity contribution >= 4 is 5.97 Å². The van der Waals surface area contributed by atoms with Gasteiger partial charge in [0.2, 0.25) is 0 Å². The lowest BCUT2D eigenvalue weighted by molar-refractivity contribution is 0.0523. The van der Waals surface area contributed by atoms with Gasteiger partial charge in [-0.3, -0.25) is 0 Å². The number of hydrogen-bond donors (Lipinski definition) is 1. The molecular formula is C11H14O3. The van der Waals surface area contributed by atoms with Crippen LogP contribution in [0.15, 0.2) is 18.2 Å². The van der Waals surface area contributed by atoms with Gasteiger partial charge in [-0.25, -0.2) is 4.79 Å². The Hall–Kier alpha value is -1.51. The van der Waals surface area contributed by atoms with Gasteiger partial charge in [0.25, 0.3) is 0 Å². The van der Waals surface area contributed by atoms with Crippen LogP contribution in [0.2, 0.25) is 0 Å². The van der Waals surface area contributed by atoms with Crippen molar-refractivity contribution in [2.75, 3.05) is 6.61 Å².